The van der Waals surface area contributed by atoms with E-state index in [0.717, 1.165) is 43.8 Å². The summed E-state index contributed by atoms with van der Waals surface area (Å²) in [4.78, 5) is 27.2. The first-order valence-corrected chi connectivity index (χ1v) is 9.57. The highest BCUT2D eigenvalue weighted by atomic mass is 16.5. The van der Waals surface area contributed by atoms with Crippen LogP contribution < -0.4 is 15.4 Å². The summed E-state index contributed by atoms with van der Waals surface area (Å²) < 4.78 is 5.31. The van der Waals surface area contributed by atoms with Crippen molar-refractivity contribution in [3.63, 3.8) is 0 Å². The van der Waals surface area contributed by atoms with Gasteiger partial charge in [0.05, 0.1) is 7.11 Å². The van der Waals surface area contributed by atoms with E-state index < -0.39 is 11.6 Å². The van der Waals surface area contributed by atoms with Gasteiger partial charge in [-0.15, -0.1) is 0 Å². The third-order valence-electron chi connectivity index (χ3n) is 5.84. The molecular weight excluding hydrogens is 342 g/mol. The summed E-state index contributed by atoms with van der Waals surface area (Å²) in [5.41, 5.74) is 1.45. The molecule has 2 N–H and O–H groups in total. The van der Waals surface area contributed by atoms with Crippen LogP contribution in [0.25, 0.3) is 0 Å². The highest BCUT2D eigenvalue weighted by Crippen LogP contribution is 2.34. The second-order valence-corrected chi connectivity index (χ2v) is 7.59. The zero-order valence-corrected chi connectivity index (χ0v) is 16.4. The van der Waals surface area contributed by atoms with Crippen molar-refractivity contribution >= 4 is 11.9 Å². The van der Waals surface area contributed by atoms with E-state index in [1.54, 1.807) is 7.11 Å². The third-order valence-corrected chi connectivity index (χ3v) is 5.84. The topological polar surface area (TPSA) is 70.7 Å². The van der Waals surface area contributed by atoms with Gasteiger partial charge in [0.25, 0.3) is 5.91 Å². The van der Waals surface area contributed by atoms with Gasteiger partial charge in [-0.05, 0) is 63.4 Å². The minimum atomic E-state index is -0.884. The van der Waals surface area contributed by atoms with Gasteiger partial charge in [0.15, 0.2) is 0 Å². The number of hydrogen-bond acceptors (Lipinski definition) is 4. The highest BCUT2D eigenvalue weighted by Gasteiger charge is 2.52. The highest BCUT2D eigenvalue weighted by molar-refractivity contribution is 6.07. The molecule has 2 fully saturated rings. The van der Waals surface area contributed by atoms with Crippen LogP contribution in [0.4, 0.5) is 4.79 Å². The number of likely N-dealkylation sites (tertiary alicyclic amines) is 1. The maximum atomic E-state index is 12.8. The van der Waals surface area contributed by atoms with Crippen molar-refractivity contribution < 1.29 is 14.3 Å². The molecule has 146 valence electrons. The summed E-state index contributed by atoms with van der Waals surface area (Å²) in [6.07, 6.45) is 4.38. The van der Waals surface area contributed by atoms with Gasteiger partial charge in [-0.3, -0.25) is 15.0 Å². The van der Waals surface area contributed by atoms with Crippen LogP contribution in [0.5, 0.6) is 5.75 Å². The molecule has 2 aliphatic heterocycles. The van der Waals surface area contributed by atoms with Crippen LogP contribution in [0.3, 0.4) is 0 Å². The van der Waals surface area contributed by atoms with E-state index >= 15 is 0 Å². The maximum Gasteiger partial charge on any atom is 0.322 e. The molecule has 0 saturated carbocycles. The maximum absolute atomic E-state index is 12.8. The number of urea groups is 1. The van der Waals surface area contributed by atoms with Crippen LogP contribution in [-0.4, -0.2) is 49.1 Å². The number of ether oxygens (including phenoxy) is 1. The fourth-order valence-corrected chi connectivity index (χ4v) is 4.19. The van der Waals surface area contributed by atoms with E-state index in [-0.39, 0.29) is 11.8 Å². The summed E-state index contributed by atoms with van der Waals surface area (Å²) in [5.74, 6) is 0.653. The smallest absolute Gasteiger partial charge is 0.322 e. The molecule has 3 amide bonds. The molecule has 3 rings (SSSR count). The van der Waals surface area contributed by atoms with Crippen LogP contribution in [0.2, 0.25) is 0 Å². The number of amides is 3. The monoisotopic (exact) mass is 371 g/mol. The summed E-state index contributed by atoms with van der Waals surface area (Å²) in [5, 5.41) is 5.43. The molecule has 1 aromatic carbocycles. The van der Waals surface area contributed by atoms with Crippen molar-refractivity contribution in [1.82, 2.24) is 15.5 Å². The number of nitrogens with one attached hydrogen (secondary N) is 2. The molecule has 0 aromatic heterocycles. The standard InChI is InChI=1S/C21H29N3O3/c1-4-15(2)14-24-10-8-17(9-11-24)21(19(25)22-20(26)23-21)13-16-6-5-7-18(12-16)27-3/h4-7,12,17H,8-11,13-14H2,1-3H3,(H2,22,23,25,26)/b15-4+/t21-/m0/s1. The summed E-state index contributed by atoms with van der Waals surface area (Å²) in [6, 6.07) is 7.32. The van der Waals surface area contributed by atoms with Crippen LogP contribution in [-0.2, 0) is 11.2 Å². The predicted molar refractivity (Wildman–Crippen MR) is 105 cm³/mol. The Balaban J connectivity index is 1.78. The van der Waals surface area contributed by atoms with Crippen LogP contribution in [0, 0.1) is 5.92 Å². The van der Waals surface area contributed by atoms with Gasteiger partial charge >= 0.3 is 6.03 Å². The van der Waals surface area contributed by atoms with E-state index in [2.05, 4.69) is 35.5 Å². The molecule has 27 heavy (non-hydrogen) atoms. The van der Waals surface area contributed by atoms with Crippen molar-refractivity contribution in [2.45, 2.75) is 38.6 Å². The molecule has 1 atom stereocenters. The van der Waals surface area contributed by atoms with Crippen LogP contribution in [0.1, 0.15) is 32.3 Å². The summed E-state index contributed by atoms with van der Waals surface area (Å²) in [7, 11) is 1.63. The number of methoxy groups -OCH3 is 1. The quantitative estimate of drug-likeness (QED) is 0.595. The molecule has 6 heteroatoms. The number of carbonyl (C=O) groups excluding carboxylic acids is 2. The number of imide groups is 1. The Bertz CT molecular complexity index is 738. The normalized spacial score (nSPS) is 24.6. The van der Waals surface area contributed by atoms with Crippen LogP contribution >= 0.6 is 0 Å². The van der Waals surface area contributed by atoms with Gasteiger partial charge in [-0.1, -0.05) is 23.8 Å². The van der Waals surface area contributed by atoms with Gasteiger partial charge in [-0.25, -0.2) is 4.79 Å². The predicted octanol–water partition coefficient (Wildman–Crippen LogP) is 2.49. The van der Waals surface area contributed by atoms with Crippen LogP contribution in [0.15, 0.2) is 35.9 Å². The zero-order chi connectivity index (χ0) is 19.4. The molecule has 2 saturated heterocycles. The molecule has 1 aromatic rings. The average Bonchev–Trinajstić information content (AvgIpc) is 2.96. The number of nitrogens with zero attached hydrogens (tertiary/aromatic N) is 1. The lowest BCUT2D eigenvalue weighted by Crippen LogP contribution is -2.57. The lowest BCUT2D eigenvalue weighted by molar-refractivity contribution is -0.126. The molecule has 0 radical (unpaired) electrons. The zero-order valence-electron chi connectivity index (χ0n) is 16.4. The molecule has 2 heterocycles. The lowest BCUT2D eigenvalue weighted by atomic mass is 9.74. The second-order valence-electron chi connectivity index (χ2n) is 7.59. The third kappa shape index (κ3) is 4.16. The molecular formula is C21H29N3O3. The first kappa shape index (κ1) is 19.4. The van der Waals surface area contributed by atoms with E-state index in [1.165, 1.54) is 5.57 Å². The molecule has 0 unspecified atom stereocenters. The molecule has 0 bridgehead atoms. The van der Waals surface area contributed by atoms with E-state index in [1.807, 2.05) is 24.3 Å². The molecule has 0 aliphatic carbocycles. The van der Waals surface area contributed by atoms with E-state index in [9.17, 15) is 9.59 Å². The SMILES string of the molecule is C/C=C(\C)CN1CCC([C@]2(Cc3cccc(OC)c3)NC(=O)NC2=O)CC1. The van der Waals surface area contributed by atoms with E-state index in [4.69, 9.17) is 4.74 Å². The van der Waals surface area contributed by atoms with Crippen molar-refractivity contribution in [2.75, 3.05) is 26.7 Å². The van der Waals surface area contributed by atoms with Gasteiger partial charge in [0.2, 0.25) is 0 Å². The Morgan fingerprint density at radius 2 is 2.07 bits per heavy atom. The Morgan fingerprint density at radius 1 is 1.33 bits per heavy atom. The van der Waals surface area contributed by atoms with Crippen molar-refractivity contribution in [3.8, 4) is 5.75 Å². The van der Waals surface area contributed by atoms with Gasteiger partial charge in [0.1, 0.15) is 11.3 Å². The fourth-order valence-electron chi connectivity index (χ4n) is 4.19. The number of piperidine rings is 1. The number of carbonyl (C=O) groups is 2. The largest absolute Gasteiger partial charge is 0.497 e. The molecule has 0 spiro atoms. The Morgan fingerprint density at radius 3 is 2.67 bits per heavy atom. The molecule has 2 aliphatic rings. The van der Waals surface area contributed by atoms with E-state index in [0.29, 0.717) is 6.42 Å². The van der Waals surface area contributed by atoms with Gasteiger partial charge < -0.3 is 10.1 Å². The second kappa shape index (κ2) is 8.13. The first-order chi connectivity index (χ1) is 13.0. The average molecular weight is 371 g/mol. The number of benzene rings is 1. The number of rotatable bonds is 6. The van der Waals surface area contributed by atoms with Gasteiger partial charge in [0, 0.05) is 13.0 Å². The minimum Gasteiger partial charge on any atom is -0.497 e. The summed E-state index contributed by atoms with van der Waals surface area (Å²) in [6.45, 7) is 7.02. The van der Waals surface area contributed by atoms with Crippen molar-refractivity contribution in [3.05, 3.63) is 41.5 Å². The molecule has 6 nitrogen and oxygen atoms in total. The van der Waals surface area contributed by atoms with Crippen molar-refractivity contribution in [1.29, 1.82) is 0 Å². The Hall–Kier alpha value is -2.34. The van der Waals surface area contributed by atoms with Crippen molar-refractivity contribution in [2.24, 2.45) is 5.92 Å². The summed E-state index contributed by atoms with van der Waals surface area (Å²) >= 11 is 0. The fraction of sp³-hybridized carbons (Fsp3) is 0.524. The lowest BCUT2D eigenvalue weighted by Gasteiger charge is -2.41. The van der Waals surface area contributed by atoms with Gasteiger partial charge in [-0.2, -0.15) is 0 Å². The Kier molecular flexibility index (Phi) is 5.85. The number of allylic oxidation sites excluding steroid dienone is 1. The minimum absolute atomic E-state index is 0.109. The Labute approximate surface area is 161 Å². The number of hydrogen-bond donors (Lipinski definition) is 2. The first-order valence-electron chi connectivity index (χ1n) is 9.57.